The average molecular weight is 274 g/mol. The van der Waals surface area contributed by atoms with Crippen molar-refractivity contribution in [2.45, 2.75) is 18.9 Å². The first-order valence-electron chi connectivity index (χ1n) is 4.98. The molecule has 0 spiro atoms. The van der Waals surface area contributed by atoms with E-state index in [1.54, 1.807) is 6.07 Å². The molecular weight excluding hydrogens is 261 g/mol. The summed E-state index contributed by atoms with van der Waals surface area (Å²) in [5.41, 5.74) is 0.722. The van der Waals surface area contributed by atoms with Crippen molar-refractivity contribution in [3.63, 3.8) is 0 Å². The Morgan fingerprint density at radius 2 is 2.33 bits per heavy atom. The van der Waals surface area contributed by atoms with Gasteiger partial charge in [0.05, 0.1) is 11.6 Å². The van der Waals surface area contributed by atoms with E-state index in [0.29, 0.717) is 5.75 Å². The maximum atomic E-state index is 13.7. The summed E-state index contributed by atoms with van der Waals surface area (Å²) in [6.07, 6.45) is 2.10. The van der Waals surface area contributed by atoms with Gasteiger partial charge in [-0.2, -0.15) is 0 Å². The van der Waals surface area contributed by atoms with Crippen LogP contribution in [0.25, 0.3) is 0 Å². The van der Waals surface area contributed by atoms with E-state index in [1.165, 1.54) is 13.2 Å². The highest BCUT2D eigenvalue weighted by molar-refractivity contribution is 9.10. The molecule has 1 aromatic carbocycles. The number of hydrogen-bond acceptors (Lipinski definition) is 2. The lowest BCUT2D eigenvalue weighted by Gasteiger charge is -2.13. The molecule has 1 unspecified atom stereocenters. The molecule has 1 fully saturated rings. The van der Waals surface area contributed by atoms with Crippen molar-refractivity contribution in [3.05, 3.63) is 28.0 Å². The van der Waals surface area contributed by atoms with Gasteiger partial charge in [-0.05, 0) is 41.4 Å². The number of ether oxygens (including phenoxy) is 1. The lowest BCUT2D eigenvalue weighted by atomic mass is 10.0. The minimum absolute atomic E-state index is 0.146. The monoisotopic (exact) mass is 273 g/mol. The summed E-state index contributed by atoms with van der Waals surface area (Å²) in [4.78, 5) is 0. The average Bonchev–Trinajstić information content (AvgIpc) is 2.74. The third-order valence-corrected chi connectivity index (χ3v) is 3.33. The van der Waals surface area contributed by atoms with E-state index in [2.05, 4.69) is 21.2 Å². The molecule has 2 rings (SSSR count). The zero-order valence-corrected chi connectivity index (χ0v) is 10.1. The summed E-state index contributed by atoms with van der Waals surface area (Å²) in [6.45, 7) is 0.966. The summed E-state index contributed by atoms with van der Waals surface area (Å²) >= 11 is 3.37. The third kappa shape index (κ3) is 2.16. The standard InChI is InChI=1S/C11H13BrFNO/c1-15-11-6-9(13)7(5-8(11)12)10-3-2-4-14-10/h5-6,10,14H,2-4H2,1H3. The molecule has 82 valence electrons. The molecule has 0 amide bonds. The van der Waals surface area contributed by atoms with Crippen LogP contribution in [0.15, 0.2) is 16.6 Å². The number of halogens is 2. The van der Waals surface area contributed by atoms with Gasteiger partial charge in [-0.3, -0.25) is 0 Å². The summed E-state index contributed by atoms with van der Waals surface area (Å²) in [5, 5.41) is 3.28. The van der Waals surface area contributed by atoms with Crippen molar-refractivity contribution in [1.82, 2.24) is 5.32 Å². The zero-order chi connectivity index (χ0) is 10.8. The van der Waals surface area contributed by atoms with Gasteiger partial charge in [0.15, 0.2) is 0 Å². The minimum Gasteiger partial charge on any atom is -0.495 e. The fourth-order valence-electron chi connectivity index (χ4n) is 1.92. The molecule has 1 N–H and O–H groups in total. The van der Waals surface area contributed by atoms with Crippen LogP contribution < -0.4 is 10.1 Å². The molecule has 15 heavy (non-hydrogen) atoms. The van der Waals surface area contributed by atoms with Gasteiger partial charge < -0.3 is 10.1 Å². The Hall–Kier alpha value is -0.610. The van der Waals surface area contributed by atoms with E-state index in [4.69, 9.17) is 4.74 Å². The fraction of sp³-hybridized carbons (Fsp3) is 0.455. The molecule has 0 saturated carbocycles. The van der Waals surface area contributed by atoms with Gasteiger partial charge in [-0.15, -0.1) is 0 Å². The van der Waals surface area contributed by atoms with Crippen LogP contribution in [0.5, 0.6) is 5.75 Å². The number of nitrogens with one attached hydrogen (secondary N) is 1. The van der Waals surface area contributed by atoms with E-state index in [9.17, 15) is 4.39 Å². The van der Waals surface area contributed by atoms with Gasteiger partial charge >= 0.3 is 0 Å². The minimum atomic E-state index is -0.200. The quantitative estimate of drug-likeness (QED) is 0.895. The highest BCUT2D eigenvalue weighted by Gasteiger charge is 2.21. The second-order valence-electron chi connectivity index (χ2n) is 3.66. The van der Waals surface area contributed by atoms with E-state index >= 15 is 0 Å². The van der Waals surface area contributed by atoms with Crippen LogP contribution in [0.3, 0.4) is 0 Å². The predicted octanol–water partition coefficient (Wildman–Crippen LogP) is 3.02. The third-order valence-electron chi connectivity index (χ3n) is 2.71. The normalized spacial score (nSPS) is 20.6. The summed E-state index contributed by atoms with van der Waals surface area (Å²) in [7, 11) is 1.53. The van der Waals surface area contributed by atoms with Crippen molar-refractivity contribution < 1.29 is 9.13 Å². The smallest absolute Gasteiger partial charge is 0.135 e. The van der Waals surface area contributed by atoms with Crippen molar-refractivity contribution in [1.29, 1.82) is 0 Å². The number of hydrogen-bond donors (Lipinski definition) is 1. The lowest BCUT2D eigenvalue weighted by Crippen LogP contribution is -2.14. The number of methoxy groups -OCH3 is 1. The molecule has 2 nitrogen and oxygen atoms in total. The van der Waals surface area contributed by atoms with Gasteiger partial charge in [0.1, 0.15) is 11.6 Å². The van der Waals surface area contributed by atoms with Crippen LogP contribution in [0.1, 0.15) is 24.4 Å². The van der Waals surface area contributed by atoms with E-state index < -0.39 is 0 Å². The van der Waals surface area contributed by atoms with Crippen LogP contribution in [0, 0.1) is 5.82 Å². The van der Waals surface area contributed by atoms with Gasteiger partial charge in [0, 0.05) is 17.7 Å². The summed E-state index contributed by atoms with van der Waals surface area (Å²) in [5.74, 6) is 0.337. The molecule has 1 aliphatic rings. The molecule has 1 heterocycles. The molecule has 1 aromatic rings. The topological polar surface area (TPSA) is 21.3 Å². The van der Waals surface area contributed by atoms with Crippen LogP contribution in [0.4, 0.5) is 4.39 Å². The molecule has 0 aromatic heterocycles. The fourth-order valence-corrected chi connectivity index (χ4v) is 2.44. The molecular formula is C11H13BrFNO. The number of benzene rings is 1. The van der Waals surface area contributed by atoms with E-state index in [1.807, 2.05) is 0 Å². The first-order valence-corrected chi connectivity index (χ1v) is 5.78. The van der Waals surface area contributed by atoms with Crippen molar-refractivity contribution >= 4 is 15.9 Å². The Balaban J connectivity index is 2.35. The maximum Gasteiger partial charge on any atom is 0.135 e. The van der Waals surface area contributed by atoms with Crippen LogP contribution in [-0.2, 0) is 0 Å². The molecule has 1 aliphatic heterocycles. The van der Waals surface area contributed by atoms with Gasteiger partial charge in [0.2, 0.25) is 0 Å². The van der Waals surface area contributed by atoms with Crippen molar-refractivity contribution in [3.8, 4) is 5.75 Å². The Bertz CT molecular complexity index is 364. The molecule has 0 radical (unpaired) electrons. The first-order chi connectivity index (χ1) is 7.22. The largest absolute Gasteiger partial charge is 0.495 e. The van der Waals surface area contributed by atoms with Crippen molar-refractivity contribution in [2.24, 2.45) is 0 Å². The van der Waals surface area contributed by atoms with E-state index in [-0.39, 0.29) is 11.9 Å². The highest BCUT2D eigenvalue weighted by Crippen LogP contribution is 2.33. The second kappa shape index (κ2) is 4.49. The van der Waals surface area contributed by atoms with Gasteiger partial charge in [-0.25, -0.2) is 4.39 Å². The van der Waals surface area contributed by atoms with Gasteiger partial charge in [-0.1, -0.05) is 0 Å². The second-order valence-corrected chi connectivity index (χ2v) is 4.51. The molecule has 1 saturated heterocycles. The molecule has 0 aliphatic carbocycles. The number of rotatable bonds is 2. The Morgan fingerprint density at radius 1 is 1.53 bits per heavy atom. The summed E-state index contributed by atoms with van der Waals surface area (Å²) in [6, 6.07) is 3.38. The van der Waals surface area contributed by atoms with E-state index in [0.717, 1.165) is 29.4 Å². The molecule has 1 atom stereocenters. The Labute approximate surface area is 96.9 Å². The summed E-state index contributed by atoms with van der Waals surface area (Å²) < 4.78 is 19.6. The molecule has 0 bridgehead atoms. The van der Waals surface area contributed by atoms with Crippen LogP contribution in [-0.4, -0.2) is 13.7 Å². The lowest BCUT2D eigenvalue weighted by molar-refractivity contribution is 0.407. The molecule has 4 heteroatoms. The maximum absolute atomic E-state index is 13.7. The van der Waals surface area contributed by atoms with Crippen molar-refractivity contribution in [2.75, 3.05) is 13.7 Å². The van der Waals surface area contributed by atoms with Crippen LogP contribution >= 0.6 is 15.9 Å². The Kier molecular flexibility index (Phi) is 3.26. The SMILES string of the molecule is COc1cc(F)c(C2CCCN2)cc1Br. The predicted molar refractivity (Wildman–Crippen MR) is 60.6 cm³/mol. The van der Waals surface area contributed by atoms with Crippen LogP contribution in [0.2, 0.25) is 0 Å². The zero-order valence-electron chi connectivity index (χ0n) is 8.52. The Morgan fingerprint density at radius 3 is 2.93 bits per heavy atom. The van der Waals surface area contributed by atoms with Gasteiger partial charge in [0.25, 0.3) is 0 Å². The highest BCUT2D eigenvalue weighted by atomic mass is 79.9. The first kappa shape index (κ1) is 10.9.